The van der Waals surface area contributed by atoms with Crippen molar-refractivity contribution in [1.29, 1.82) is 0 Å². The molecule has 9 heteroatoms. The first kappa shape index (κ1) is 23.9. The van der Waals surface area contributed by atoms with E-state index in [9.17, 15) is 18.4 Å². The molecular formula is C23H24ClF2NO5. The summed E-state index contributed by atoms with van der Waals surface area (Å²) in [6.45, 7) is 0.340. The topological polar surface area (TPSA) is 84.9 Å². The van der Waals surface area contributed by atoms with Gasteiger partial charge in [-0.15, -0.1) is 0 Å². The van der Waals surface area contributed by atoms with E-state index in [2.05, 4.69) is 5.32 Å². The summed E-state index contributed by atoms with van der Waals surface area (Å²) in [6, 6.07) is 8.03. The zero-order valence-corrected chi connectivity index (χ0v) is 18.0. The smallest absolute Gasteiger partial charge is 0.411 e. The SMILES string of the molecule is O=C(O)COCC1CCC(COC(=O)Nc2cccc(F)c2-c2ccc(F)c(Cl)c2)CC1. The minimum Gasteiger partial charge on any atom is -0.480 e. The molecule has 172 valence electrons. The van der Waals surface area contributed by atoms with Crippen LogP contribution in [0.2, 0.25) is 5.02 Å². The molecule has 0 heterocycles. The number of benzene rings is 2. The van der Waals surface area contributed by atoms with Crippen molar-refractivity contribution in [3.05, 3.63) is 53.1 Å². The maximum Gasteiger partial charge on any atom is 0.411 e. The summed E-state index contributed by atoms with van der Waals surface area (Å²) in [5, 5.41) is 11.0. The molecule has 1 aliphatic carbocycles. The maximum atomic E-state index is 14.5. The fourth-order valence-corrected chi connectivity index (χ4v) is 3.97. The number of hydrogen-bond acceptors (Lipinski definition) is 4. The Kier molecular flexibility index (Phi) is 8.41. The number of carbonyl (C=O) groups is 2. The molecule has 0 bridgehead atoms. The van der Waals surface area contributed by atoms with Crippen molar-refractivity contribution in [1.82, 2.24) is 0 Å². The van der Waals surface area contributed by atoms with Crippen LogP contribution in [0.1, 0.15) is 25.7 Å². The Labute approximate surface area is 189 Å². The van der Waals surface area contributed by atoms with Crippen LogP contribution in [0.25, 0.3) is 11.1 Å². The van der Waals surface area contributed by atoms with Gasteiger partial charge in [0.1, 0.15) is 18.2 Å². The van der Waals surface area contributed by atoms with Crippen LogP contribution in [-0.4, -0.2) is 37.0 Å². The molecule has 1 aliphatic rings. The molecule has 1 amide bonds. The summed E-state index contributed by atoms with van der Waals surface area (Å²) in [5.74, 6) is -1.70. The molecule has 0 spiro atoms. The number of hydrogen-bond donors (Lipinski definition) is 2. The lowest BCUT2D eigenvalue weighted by Crippen LogP contribution is -2.25. The van der Waals surface area contributed by atoms with Gasteiger partial charge in [0.25, 0.3) is 0 Å². The summed E-state index contributed by atoms with van der Waals surface area (Å²) in [4.78, 5) is 22.8. The molecule has 0 saturated heterocycles. The summed E-state index contributed by atoms with van der Waals surface area (Å²) in [6.07, 6.45) is 2.71. The predicted molar refractivity (Wildman–Crippen MR) is 116 cm³/mol. The van der Waals surface area contributed by atoms with Gasteiger partial charge in [0, 0.05) is 5.56 Å². The fraction of sp³-hybridized carbons (Fsp3) is 0.391. The molecule has 2 aromatic rings. The van der Waals surface area contributed by atoms with Crippen LogP contribution < -0.4 is 5.32 Å². The number of carboxylic acid groups (broad SMARTS) is 1. The van der Waals surface area contributed by atoms with Gasteiger partial charge in [-0.1, -0.05) is 23.7 Å². The van der Waals surface area contributed by atoms with Crippen LogP contribution in [0.15, 0.2) is 36.4 Å². The first-order chi connectivity index (χ1) is 15.3. The number of anilines is 1. The molecular weight excluding hydrogens is 444 g/mol. The lowest BCUT2D eigenvalue weighted by molar-refractivity contribution is -0.142. The van der Waals surface area contributed by atoms with Crippen molar-refractivity contribution in [3.8, 4) is 11.1 Å². The van der Waals surface area contributed by atoms with Crippen molar-refractivity contribution < 1.29 is 33.0 Å². The van der Waals surface area contributed by atoms with E-state index < -0.39 is 23.7 Å². The van der Waals surface area contributed by atoms with Crippen LogP contribution in [0.5, 0.6) is 0 Å². The molecule has 0 aromatic heterocycles. The van der Waals surface area contributed by atoms with Crippen molar-refractivity contribution >= 4 is 29.4 Å². The van der Waals surface area contributed by atoms with E-state index in [4.69, 9.17) is 26.2 Å². The Bertz CT molecular complexity index is 963. The third-order valence-electron chi connectivity index (χ3n) is 5.45. The number of carboxylic acids is 1. The van der Waals surface area contributed by atoms with Gasteiger partial charge in [-0.25, -0.2) is 18.4 Å². The van der Waals surface area contributed by atoms with Crippen LogP contribution in [0, 0.1) is 23.5 Å². The van der Waals surface area contributed by atoms with Crippen molar-refractivity contribution in [2.45, 2.75) is 25.7 Å². The van der Waals surface area contributed by atoms with E-state index in [1.165, 1.54) is 30.3 Å². The van der Waals surface area contributed by atoms with Crippen LogP contribution in [0.4, 0.5) is 19.3 Å². The third kappa shape index (κ3) is 6.64. The van der Waals surface area contributed by atoms with E-state index >= 15 is 0 Å². The number of halogens is 3. The number of nitrogens with one attached hydrogen (secondary N) is 1. The van der Waals surface area contributed by atoms with Crippen LogP contribution in [-0.2, 0) is 14.3 Å². The summed E-state index contributed by atoms with van der Waals surface area (Å²) < 4.78 is 38.5. The first-order valence-electron chi connectivity index (χ1n) is 10.3. The Morgan fingerprint density at radius 2 is 1.72 bits per heavy atom. The number of amides is 1. The number of ether oxygens (including phenoxy) is 2. The van der Waals surface area contributed by atoms with Crippen molar-refractivity contribution in [2.75, 3.05) is 25.1 Å². The number of carbonyl (C=O) groups excluding carboxylic acids is 1. The highest BCUT2D eigenvalue weighted by Crippen LogP contribution is 2.33. The molecule has 6 nitrogen and oxygen atoms in total. The average molecular weight is 468 g/mol. The summed E-state index contributed by atoms with van der Waals surface area (Å²) >= 11 is 5.82. The molecule has 2 aromatic carbocycles. The number of aliphatic carboxylic acids is 1. The fourth-order valence-electron chi connectivity index (χ4n) is 3.79. The van der Waals surface area contributed by atoms with Gasteiger partial charge in [-0.3, -0.25) is 5.32 Å². The van der Waals surface area contributed by atoms with Gasteiger partial charge < -0.3 is 14.6 Å². The minimum atomic E-state index is -0.984. The van der Waals surface area contributed by atoms with Crippen LogP contribution in [0.3, 0.4) is 0 Å². The Balaban J connectivity index is 1.52. The largest absolute Gasteiger partial charge is 0.480 e. The van der Waals surface area contributed by atoms with E-state index in [1.54, 1.807) is 0 Å². The lowest BCUT2D eigenvalue weighted by Gasteiger charge is -2.27. The van der Waals surface area contributed by atoms with Crippen LogP contribution >= 0.6 is 11.6 Å². The molecule has 1 fully saturated rings. The quantitative estimate of drug-likeness (QED) is 0.517. The maximum absolute atomic E-state index is 14.5. The Morgan fingerprint density at radius 3 is 2.38 bits per heavy atom. The highest BCUT2D eigenvalue weighted by atomic mass is 35.5. The third-order valence-corrected chi connectivity index (χ3v) is 5.74. The van der Waals surface area contributed by atoms with Gasteiger partial charge in [0.05, 0.1) is 23.9 Å². The van der Waals surface area contributed by atoms with Gasteiger partial charge in [-0.2, -0.15) is 0 Å². The van der Waals surface area contributed by atoms with E-state index in [-0.39, 0.29) is 35.4 Å². The molecule has 2 N–H and O–H groups in total. The lowest BCUT2D eigenvalue weighted by atomic mass is 9.83. The zero-order valence-electron chi connectivity index (χ0n) is 17.3. The molecule has 32 heavy (non-hydrogen) atoms. The van der Waals surface area contributed by atoms with Gasteiger partial charge in [-0.05, 0) is 67.3 Å². The van der Waals surface area contributed by atoms with Gasteiger partial charge in [0.2, 0.25) is 0 Å². The van der Waals surface area contributed by atoms with E-state index in [0.29, 0.717) is 18.1 Å². The first-order valence-corrected chi connectivity index (χ1v) is 10.7. The Morgan fingerprint density at radius 1 is 1.03 bits per heavy atom. The minimum absolute atomic E-state index is 0.0909. The Hall–Kier alpha value is -2.71. The van der Waals surface area contributed by atoms with Crippen molar-refractivity contribution in [2.24, 2.45) is 11.8 Å². The van der Waals surface area contributed by atoms with Gasteiger partial charge in [0.15, 0.2) is 0 Å². The van der Waals surface area contributed by atoms with Gasteiger partial charge >= 0.3 is 12.1 Å². The normalized spacial score (nSPS) is 18.2. The molecule has 0 atom stereocenters. The van der Waals surface area contributed by atoms with E-state index in [1.807, 2.05) is 0 Å². The molecule has 3 rings (SSSR count). The summed E-state index contributed by atoms with van der Waals surface area (Å²) in [7, 11) is 0. The monoisotopic (exact) mass is 467 g/mol. The average Bonchev–Trinajstić information content (AvgIpc) is 2.75. The predicted octanol–water partition coefficient (Wildman–Crippen LogP) is 5.74. The second-order valence-electron chi connectivity index (χ2n) is 7.81. The molecule has 0 radical (unpaired) electrons. The standard InChI is InChI=1S/C23H24ClF2NO5/c24-17-10-16(8-9-18(17)25)22-19(26)2-1-3-20(22)27-23(30)32-12-15-6-4-14(5-7-15)11-31-13-21(28)29/h1-3,8-10,14-15H,4-7,11-13H2,(H,27,30)(H,28,29). The highest BCUT2D eigenvalue weighted by Gasteiger charge is 2.23. The second-order valence-corrected chi connectivity index (χ2v) is 8.22. The molecule has 1 saturated carbocycles. The highest BCUT2D eigenvalue weighted by molar-refractivity contribution is 6.31. The zero-order chi connectivity index (χ0) is 23.1. The van der Waals surface area contributed by atoms with E-state index in [0.717, 1.165) is 31.7 Å². The number of rotatable bonds is 8. The van der Waals surface area contributed by atoms with Crippen molar-refractivity contribution in [3.63, 3.8) is 0 Å². The second kappa shape index (κ2) is 11.2. The molecule has 0 aliphatic heterocycles. The summed E-state index contributed by atoms with van der Waals surface area (Å²) in [5.41, 5.74) is 0.610. The molecule has 0 unspecified atom stereocenters.